The van der Waals surface area contributed by atoms with E-state index in [1.165, 1.54) is 35.2 Å². The van der Waals surface area contributed by atoms with Gasteiger partial charge in [0.1, 0.15) is 0 Å². The van der Waals surface area contributed by atoms with E-state index in [4.69, 9.17) is 4.74 Å². The van der Waals surface area contributed by atoms with Crippen LogP contribution in [0.2, 0.25) is 0 Å². The Bertz CT molecular complexity index is 1300. The minimum absolute atomic E-state index is 0.0157. The zero-order chi connectivity index (χ0) is 25.0. The second-order valence-electron chi connectivity index (χ2n) is 7.77. The molecule has 4 rings (SSSR count). The molecule has 2 heterocycles. The zero-order valence-corrected chi connectivity index (χ0v) is 18.3. The molecule has 1 fully saturated rings. The number of nitrogens with one attached hydrogen (secondary N) is 1. The normalized spacial score (nSPS) is 14.6. The van der Waals surface area contributed by atoms with Gasteiger partial charge in [0.05, 0.1) is 24.3 Å². The van der Waals surface area contributed by atoms with Crippen molar-refractivity contribution in [3.63, 3.8) is 0 Å². The fraction of sp³-hybridized carbons (Fsp3) is 0.200. The molecule has 3 aromatic rings. The molecule has 0 saturated carbocycles. The first-order valence-corrected chi connectivity index (χ1v) is 10.7. The summed E-state index contributed by atoms with van der Waals surface area (Å²) in [4.78, 5) is 42.4. The Morgan fingerprint density at radius 1 is 0.971 bits per heavy atom. The van der Waals surface area contributed by atoms with Crippen LogP contribution in [0.15, 0.2) is 66.9 Å². The number of pyridine rings is 1. The molecule has 180 valence electrons. The smallest absolute Gasteiger partial charge is 0.378 e. The Morgan fingerprint density at radius 2 is 1.66 bits per heavy atom. The van der Waals surface area contributed by atoms with Gasteiger partial charge in [0.15, 0.2) is 5.78 Å². The lowest BCUT2D eigenvalue weighted by Gasteiger charge is -2.26. The Kier molecular flexibility index (Phi) is 6.92. The lowest BCUT2D eigenvalue weighted by molar-refractivity contribution is -0.145. The highest BCUT2D eigenvalue weighted by Gasteiger charge is 2.35. The lowest BCUT2D eigenvalue weighted by Crippen LogP contribution is -2.45. The van der Waals surface area contributed by atoms with E-state index >= 15 is 0 Å². The monoisotopic (exact) mass is 483 g/mol. The summed E-state index contributed by atoms with van der Waals surface area (Å²) in [7, 11) is 0. The van der Waals surface area contributed by atoms with Gasteiger partial charge >= 0.3 is 18.0 Å². The number of benzene rings is 2. The van der Waals surface area contributed by atoms with Gasteiger partial charge in [0.2, 0.25) is 0 Å². The number of carbonyl (C=O) groups excluding carboxylic acids is 3. The van der Waals surface area contributed by atoms with Crippen LogP contribution >= 0.6 is 0 Å². The van der Waals surface area contributed by atoms with Crippen LogP contribution in [-0.2, 0) is 14.3 Å². The van der Waals surface area contributed by atoms with Gasteiger partial charge in [-0.05, 0) is 42.5 Å². The lowest BCUT2D eigenvalue weighted by atomic mass is 10.0. The second-order valence-corrected chi connectivity index (χ2v) is 7.77. The number of para-hydroxylation sites is 1. The van der Waals surface area contributed by atoms with Crippen LogP contribution in [-0.4, -0.2) is 60.0 Å². The number of fused-ring (bicyclic) bond motifs is 1. The van der Waals surface area contributed by atoms with Gasteiger partial charge in [-0.1, -0.05) is 18.2 Å². The molecule has 0 unspecified atom stereocenters. The number of alkyl halides is 3. The number of rotatable bonds is 4. The maximum Gasteiger partial charge on any atom is 0.417 e. The Morgan fingerprint density at radius 3 is 2.34 bits per heavy atom. The number of hydrogen-bond donors (Lipinski definition) is 1. The molecule has 0 spiro atoms. The number of morpholine rings is 1. The average molecular weight is 483 g/mol. The number of ether oxygens (including phenoxy) is 1. The van der Waals surface area contributed by atoms with Gasteiger partial charge in [0, 0.05) is 41.5 Å². The number of amides is 2. The van der Waals surface area contributed by atoms with Crippen LogP contribution in [0.3, 0.4) is 0 Å². The van der Waals surface area contributed by atoms with Gasteiger partial charge in [-0.25, -0.2) is 0 Å². The molecule has 0 radical (unpaired) electrons. The number of nitrogens with zero attached hydrogens (tertiary/aromatic N) is 2. The summed E-state index contributed by atoms with van der Waals surface area (Å²) in [5, 5.41) is 2.94. The zero-order valence-electron chi connectivity index (χ0n) is 18.3. The first-order chi connectivity index (χ1) is 16.7. The van der Waals surface area contributed by atoms with E-state index in [1.807, 2.05) is 0 Å². The van der Waals surface area contributed by atoms with E-state index < -0.39 is 29.3 Å². The molecule has 1 aromatic heterocycles. The van der Waals surface area contributed by atoms with Crippen LogP contribution < -0.4 is 5.32 Å². The standard InChI is InChI=1S/C25H20F3N3O4/c26-25(27,28)20(18-13-17-3-1-2-4-21(17)29-15-18)14-22(32)16-5-7-19(8-6-16)30-23(33)24(34)31-9-11-35-12-10-31/h1-8,13-15H,9-12H2,(H,30,33). The van der Waals surface area contributed by atoms with E-state index in [0.29, 0.717) is 43.3 Å². The molecule has 0 atom stereocenters. The molecule has 10 heteroatoms. The van der Waals surface area contributed by atoms with Gasteiger partial charge in [-0.15, -0.1) is 0 Å². The molecule has 2 amide bonds. The van der Waals surface area contributed by atoms with Crippen molar-refractivity contribution in [2.75, 3.05) is 31.6 Å². The summed E-state index contributed by atoms with van der Waals surface area (Å²) < 4.78 is 46.5. The molecule has 0 aliphatic carbocycles. The van der Waals surface area contributed by atoms with E-state index in [9.17, 15) is 27.6 Å². The van der Waals surface area contributed by atoms with E-state index in [2.05, 4.69) is 10.3 Å². The predicted molar refractivity (Wildman–Crippen MR) is 123 cm³/mol. The SMILES string of the molecule is O=C(Nc1ccc(C(=O)C=C(c2cnc3ccccc3c2)C(F)(F)F)cc1)C(=O)N1CCOCC1. The number of halogens is 3. The van der Waals surface area contributed by atoms with Gasteiger partial charge in [-0.2, -0.15) is 13.2 Å². The van der Waals surface area contributed by atoms with Crippen LogP contribution in [0.1, 0.15) is 15.9 Å². The topological polar surface area (TPSA) is 88.6 Å². The van der Waals surface area contributed by atoms with Crippen molar-refractivity contribution >= 4 is 39.8 Å². The van der Waals surface area contributed by atoms with Crippen molar-refractivity contribution in [3.8, 4) is 0 Å². The largest absolute Gasteiger partial charge is 0.417 e. The molecule has 2 aromatic carbocycles. The first-order valence-electron chi connectivity index (χ1n) is 10.7. The molecule has 0 bridgehead atoms. The number of ketones is 1. The highest BCUT2D eigenvalue weighted by atomic mass is 19.4. The molecule has 1 N–H and O–H groups in total. The highest BCUT2D eigenvalue weighted by Crippen LogP contribution is 2.35. The van der Waals surface area contributed by atoms with Crippen molar-refractivity contribution in [2.45, 2.75) is 6.18 Å². The molecule has 1 aliphatic heterocycles. The first kappa shape index (κ1) is 24.1. The van der Waals surface area contributed by atoms with Crippen molar-refractivity contribution in [3.05, 3.63) is 78.0 Å². The van der Waals surface area contributed by atoms with Crippen LogP contribution in [0.25, 0.3) is 16.5 Å². The van der Waals surface area contributed by atoms with E-state index in [1.54, 1.807) is 24.3 Å². The summed E-state index contributed by atoms with van der Waals surface area (Å²) >= 11 is 0. The molecular weight excluding hydrogens is 463 g/mol. The number of carbonyl (C=O) groups is 3. The second kappa shape index (κ2) is 10.1. The maximum absolute atomic E-state index is 13.8. The summed E-state index contributed by atoms with van der Waals surface area (Å²) in [6.07, 6.45) is -3.17. The fourth-order valence-corrected chi connectivity index (χ4v) is 3.57. The molecule has 1 aliphatic rings. The average Bonchev–Trinajstić information content (AvgIpc) is 2.86. The quantitative estimate of drug-likeness (QED) is 0.346. The van der Waals surface area contributed by atoms with Crippen LogP contribution in [0, 0.1) is 0 Å². The van der Waals surface area contributed by atoms with Crippen molar-refractivity contribution < 1.29 is 32.3 Å². The van der Waals surface area contributed by atoms with Gasteiger partial charge < -0.3 is 15.0 Å². The third kappa shape index (κ3) is 5.72. The Balaban J connectivity index is 1.51. The van der Waals surface area contributed by atoms with Crippen LogP contribution in [0.4, 0.5) is 18.9 Å². The molecule has 1 saturated heterocycles. The van der Waals surface area contributed by atoms with Crippen molar-refractivity contribution in [2.24, 2.45) is 0 Å². The number of anilines is 1. The highest BCUT2D eigenvalue weighted by molar-refractivity contribution is 6.39. The van der Waals surface area contributed by atoms with Crippen molar-refractivity contribution in [1.29, 1.82) is 0 Å². The molecule has 35 heavy (non-hydrogen) atoms. The van der Waals surface area contributed by atoms with E-state index in [-0.39, 0.29) is 16.8 Å². The summed E-state index contributed by atoms with van der Waals surface area (Å²) in [5.74, 6) is -2.43. The minimum Gasteiger partial charge on any atom is -0.378 e. The molecule has 7 nitrogen and oxygen atoms in total. The predicted octanol–water partition coefficient (Wildman–Crippen LogP) is 3.86. The Labute approximate surface area is 198 Å². The Hall–Kier alpha value is -4.05. The summed E-state index contributed by atoms with van der Waals surface area (Å²) in [5.41, 5.74) is -0.594. The van der Waals surface area contributed by atoms with E-state index in [0.717, 1.165) is 6.20 Å². The fourth-order valence-electron chi connectivity index (χ4n) is 3.57. The van der Waals surface area contributed by atoms with Crippen LogP contribution in [0.5, 0.6) is 0 Å². The maximum atomic E-state index is 13.8. The minimum atomic E-state index is -4.78. The summed E-state index contributed by atoms with van der Waals surface area (Å²) in [6.45, 7) is 1.30. The number of aromatic nitrogens is 1. The van der Waals surface area contributed by atoms with Gasteiger partial charge in [-0.3, -0.25) is 19.4 Å². The molecular formula is C25H20F3N3O4. The number of allylic oxidation sites excluding steroid dienone is 2. The third-order valence-electron chi connectivity index (χ3n) is 5.40. The number of hydrogen-bond acceptors (Lipinski definition) is 5. The third-order valence-corrected chi connectivity index (χ3v) is 5.40. The van der Waals surface area contributed by atoms with Gasteiger partial charge in [0.25, 0.3) is 0 Å². The van der Waals surface area contributed by atoms with Crippen molar-refractivity contribution in [1.82, 2.24) is 9.88 Å². The summed E-state index contributed by atoms with van der Waals surface area (Å²) in [6, 6.07) is 13.3.